The van der Waals surface area contributed by atoms with Crippen LogP contribution >= 0.6 is 0 Å². The van der Waals surface area contributed by atoms with Crippen LogP contribution < -0.4 is 0 Å². The van der Waals surface area contributed by atoms with Gasteiger partial charge in [-0.15, -0.1) is 0 Å². The van der Waals surface area contributed by atoms with E-state index in [9.17, 15) is 0 Å². The molecule has 0 aromatic carbocycles. The second kappa shape index (κ2) is 5.92. The van der Waals surface area contributed by atoms with Crippen molar-refractivity contribution in [2.75, 3.05) is 0 Å². The molecular formula is C15H30. The van der Waals surface area contributed by atoms with Gasteiger partial charge >= 0.3 is 0 Å². The van der Waals surface area contributed by atoms with Crippen LogP contribution in [0.25, 0.3) is 0 Å². The Morgan fingerprint density at radius 1 is 1.07 bits per heavy atom. The molecule has 90 valence electrons. The van der Waals surface area contributed by atoms with Crippen molar-refractivity contribution in [2.24, 2.45) is 17.3 Å². The maximum absolute atomic E-state index is 2.53. The normalized spacial score (nSPS) is 39.2. The van der Waals surface area contributed by atoms with Crippen molar-refractivity contribution in [1.29, 1.82) is 0 Å². The standard InChI is InChI=1S/C15H30/c1-5-10-15(4)11-9-13(2)7-6-8-14(3)12-15/h13-14H,5-12H2,1-4H3. The zero-order chi connectivity index (χ0) is 11.3. The molecule has 1 saturated carbocycles. The highest BCUT2D eigenvalue weighted by atomic mass is 14.3. The zero-order valence-corrected chi connectivity index (χ0v) is 11.3. The third kappa shape index (κ3) is 4.57. The predicted octanol–water partition coefficient (Wildman–Crippen LogP) is 5.42. The van der Waals surface area contributed by atoms with Crippen LogP contribution in [0.4, 0.5) is 0 Å². The highest BCUT2D eigenvalue weighted by Crippen LogP contribution is 2.40. The van der Waals surface area contributed by atoms with Crippen LogP contribution in [0.1, 0.15) is 79.1 Å². The van der Waals surface area contributed by atoms with E-state index >= 15 is 0 Å². The summed E-state index contributed by atoms with van der Waals surface area (Å²) in [5.74, 6) is 1.92. The van der Waals surface area contributed by atoms with Crippen LogP contribution in [0, 0.1) is 17.3 Å². The molecule has 0 bridgehead atoms. The summed E-state index contributed by atoms with van der Waals surface area (Å²) in [7, 11) is 0. The highest BCUT2D eigenvalue weighted by Gasteiger charge is 2.27. The predicted molar refractivity (Wildman–Crippen MR) is 69.0 cm³/mol. The number of hydrogen-bond acceptors (Lipinski definition) is 0. The summed E-state index contributed by atoms with van der Waals surface area (Å²) >= 11 is 0. The lowest BCUT2D eigenvalue weighted by molar-refractivity contribution is 0.198. The number of hydrogen-bond donors (Lipinski definition) is 0. The second-order valence-corrected chi connectivity index (χ2v) is 6.44. The Morgan fingerprint density at radius 2 is 1.73 bits per heavy atom. The van der Waals surface area contributed by atoms with Gasteiger partial charge in [-0.05, 0) is 36.5 Å². The average Bonchev–Trinajstić information content (AvgIpc) is 2.19. The first-order valence-corrected chi connectivity index (χ1v) is 7.06. The van der Waals surface area contributed by atoms with E-state index in [1.54, 1.807) is 0 Å². The Labute approximate surface area is 96.8 Å². The fraction of sp³-hybridized carbons (Fsp3) is 1.00. The summed E-state index contributed by atoms with van der Waals surface area (Å²) in [6, 6.07) is 0. The van der Waals surface area contributed by atoms with Crippen molar-refractivity contribution < 1.29 is 0 Å². The fourth-order valence-corrected chi connectivity index (χ4v) is 3.43. The molecular weight excluding hydrogens is 180 g/mol. The van der Waals surface area contributed by atoms with Crippen molar-refractivity contribution in [3.8, 4) is 0 Å². The van der Waals surface area contributed by atoms with Crippen LogP contribution in [-0.2, 0) is 0 Å². The highest BCUT2D eigenvalue weighted by molar-refractivity contribution is 4.79. The van der Waals surface area contributed by atoms with Crippen molar-refractivity contribution in [3.05, 3.63) is 0 Å². The Bertz CT molecular complexity index is 173. The van der Waals surface area contributed by atoms with E-state index in [1.807, 2.05) is 0 Å². The third-order valence-corrected chi connectivity index (χ3v) is 4.33. The minimum Gasteiger partial charge on any atom is -0.0654 e. The minimum atomic E-state index is 0.646. The van der Waals surface area contributed by atoms with Crippen LogP contribution in [0.5, 0.6) is 0 Å². The van der Waals surface area contributed by atoms with Gasteiger partial charge in [0.1, 0.15) is 0 Å². The first kappa shape index (κ1) is 13.1. The molecule has 0 aliphatic heterocycles. The minimum absolute atomic E-state index is 0.646. The Kier molecular flexibility index (Phi) is 5.15. The van der Waals surface area contributed by atoms with Crippen molar-refractivity contribution in [1.82, 2.24) is 0 Å². The van der Waals surface area contributed by atoms with Crippen LogP contribution in [0.15, 0.2) is 0 Å². The smallest absolute Gasteiger partial charge is 0.0323 e. The van der Waals surface area contributed by atoms with Gasteiger partial charge in [0.15, 0.2) is 0 Å². The lowest BCUT2D eigenvalue weighted by Gasteiger charge is -2.32. The molecule has 0 aromatic heterocycles. The molecule has 3 atom stereocenters. The van der Waals surface area contributed by atoms with Gasteiger partial charge in [-0.2, -0.15) is 0 Å². The van der Waals surface area contributed by atoms with Crippen LogP contribution in [-0.4, -0.2) is 0 Å². The van der Waals surface area contributed by atoms with Gasteiger partial charge in [-0.1, -0.05) is 59.8 Å². The zero-order valence-electron chi connectivity index (χ0n) is 11.3. The van der Waals surface area contributed by atoms with E-state index in [0.29, 0.717) is 5.41 Å². The van der Waals surface area contributed by atoms with Gasteiger partial charge in [0, 0.05) is 0 Å². The van der Waals surface area contributed by atoms with Gasteiger partial charge in [0.05, 0.1) is 0 Å². The molecule has 0 heterocycles. The summed E-state index contributed by atoms with van der Waals surface area (Å²) in [6.45, 7) is 9.78. The molecule has 3 unspecified atom stereocenters. The molecule has 0 aromatic rings. The maximum atomic E-state index is 2.53. The average molecular weight is 210 g/mol. The SMILES string of the molecule is CCCC1(C)CCC(C)CCCC(C)C1. The lowest BCUT2D eigenvalue weighted by atomic mass is 9.74. The summed E-state index contributed by atoms with van der Waals surface area (Å²) in [6.07, 6.45) is 11.6. The molecule has 0 saturated heterocycles. The van der Waals surface area contributed by atoms with Crippen molar-refractivity contribution in [3.63, 3.8) is 0 Å². The Balaban J connectivity index is 2.58. The van der Waals surface area contributed by atoms with E-state index in [2.05, 4.69) is 27.7 Å². The summed E-state index contributed by atoms with van der Waals surface area (Å²) in [4.78, 5) is 0. The van der Waals surface area contributed by atoms with Gasteiger partial charge in [0.25, 0.3) is 0 Å². The van der Waals surface area contributed by atoms with E-state index in [0.717, 1.165) is 11.8 Å². The molecule has 0 N–H and O–H groups in total. The summed E-state index contributed by atoms with van der Waals surface area (Å²) in [5, 5.41) is 0. The molecule has 1 fully saturated rings. The largest absolute Gasteiger partial charge is 0.0654 e. The first-order chi connectivity index (χ1) is 7.06. The van der Waals surface area contributed by atoms with Crippen LogP contribution in [0.2, 0.25) is 0 Å². The molecule has 0 radical (unpaired) electrons. The summed E-state index contributed by atoms with van der Waals surface area (Å²) < 4.78 is 0. The Morgan fingerprint density at radius 3 is 2.40 bits per heavy atom. The van der Waals surface area contributed by atoms with Crippen molar-refractivity contribution >= 4 is 0 Å². The molecule has 1 rings (SSSR count). The van der Waals surface area contributed by atoms with E-state index < -0.39 is 0 Å². The van der Waals surface area contributed by atoms with Crippen molar-refractivity contribution in [2.45, 2.75) is 79.1 Å². The van der Waals surface area contributed by atoms with Gasteiger partial charge < -0.3 is 0 Å². The van der Waals surface area contributed by atoms with Gasteiger partial charge in [-0.25, -0.2) is 0 Å². The first-order valence-electron chi connectivity index (χ1n) is 7.06. The molecule has 1 aliphatic rings. The summed E-state index contributed by atoms with van der Waals surface area (Å²) in [5.41, 5.74) is 0.646. The van der Waals surface area contributed by atoms with Gasteiger partial charge in [-0.3, -0.25) is 0 Å². The molecule has 0 nitrogen and oxygen atoms in total. The fourth-order valence-electron chi connectivity index (χ4n) is 3.43. The quantitative estimate of drug-likeness (QED) is 0.571. The van der Waals surface area contributed by atoms with Gasteiger partial charge in [0.2, 0.25) is 0 Å². The lowest BCUT2D eigenvalue weighted by Crippen LogP contribution is -2.19. The molecule has 0 heteroatoms. The number of rotatable bonds is 2. The molecule has 1 aliphatic carbocycles. The van der Waals surface area contributed by atoms with E-state index in [4.69, 9.17) is 0 Å². The molecule has 15 heavy (non-hydrogen) atoms. The Hall–Kier alpha value is 0. The molecule has 0 amide bonds. The topological polar surface area (TPSA) is 0 Å². The monoisotopic (exact) mass is 210 g/mol. The maximum Gasteiger partial charge on any atom is -0.0323 e. The second-order valence-electron chi connectivity index (χ2n) is 6.44. The van der Waals surface area contributed by atoms with Crippen LogP contribution in [0.3, 0.4) is 0 Å². The van der Waals surface area contributed by atoms with E-state index in [-0.39, 0.29) is 0 Å². The molecule has 0 spiro atoms. The third-order valence-electron chi connectivity index (χ3n) is 4.33. The van der Waals surface area contributed by atoms with E-state index in [1.165, 1.54) is 51.4 Å².